The summed E-state index contributed by atoms with van der Waals surface area (Å²) in [6, 6.07) is 9.25. The molecule has 2 aromatic rings. The van der Waals surface area contributed by atoms with Gasteiger partial charge in [0.2, 0.25) is 0 Å². The third-order valence-electron chi connectivity index (χ3n) is 2.80. The maximum Gasteiger partial charge on any atom is 0.287 e. The van der Waals surface area contributed by atoms with Gasteiger partial charge in [0.1, 0.15) is 11.6 Å². The second-order valence-corrected chi connectivity index (χ2v) is 4.28. The molecule has 0 radical (unpaired) electrons. The van der Waals surface area contributed by atoms with Gasteiger partial charge in [0, 0.05) is 18.7 Å². The quantitative estimate of drug-likeness (QED) is 0.797. The smallest absolute Gasteiger partial charge is 0.287 e. The van der Waals surface area contributed by atoms with E-state index in [4.69, 9.17) is 4.42 Å². The number of carbonyl (C=O) groups excluding carboxylic acids is 1. The van der Waals surface area contributed by atoms with Crippen LogP contribution in [-0.2, 0) is 0 Å². The molecule has 0 saturated heterocycles. The topological polar surface area (TPSA) is 54.3 Å². The summed E-state index contributed by atoms with van der Waals surface area (Å²) in [6.07, 6.45) is 0. The molecule has 1 aromatic carbocycles. The number of halogens is 1. The molecule has 1 amide bonds. The van der Waals surface area contributed by atoms with Crippen LogP contribution in [0.2, 0.25) is 0 Å². The fourth-order valence-electron chi connectivity index (χ4n) is 1.76. The van der Waals surface area contributed by atoms with Crippen LogP contribution in [0, 0.1) is 5.82 Å². The SMILES string of the molecule is CCNCCNC(=O)c1ccc(-c2ccc(F)cc2)o1. The number of likely N-dealkylation sites (N-methyl/N-ethyl adjacent to an activating group) is 1. The number of carbonyl (C=O) groups is 1. The zero-order valence-electron chi connectivity index (χ0n) is 11.3. The van der Waals surface area contributed by atoms with Crippen molar-refractivity contribution in [3.63, 3.8) is 0 Å². The normalized spacial score (nSPS) is 10.5. The zero-order chi connectivity index (χ0) is 14.4. The van der Waals surface area contributed by atoms with Crippen LogP contribution in [-0.4, -0.2) is 25.5 Å². The van der Waals surface area contributed by atoms with E-state index in [1.54, 1.807) is 24.3 Å². The van der Waals surface area contributed by atoms with Gasteiger partial charge in [-0.2, -0.15) is 0 Å². The Labute approximate surface area is 117 Å². The number of hydrogen-bond donors (Lipinski definition) is 2. The van der Waals surface area contributed by atoms with Gasteiger partial charge in [-0.25, -0.2) is 4.39 Å². The van der Waals surface area contributed by atoms with Crippen LogP contribution >= 0.6 is 0 Å². The first kappa shape index (κ1) is 14.3. The fourth-order valence-corrected chi connectivity index (χ4v) is 1.76. The van der Waals surface area contributed by atoms with Gasteiger partial charge in [-0.15, -0.1) is 0 Å². The Morgan fingerprint density at radius 1 is 1.15 bits per heavy atom. The molecule has 0 aliphatic heterocycles. The third kappa shape index (κ3) is 3.68. The molecular weight excluding hydrogens is 259 g/mol. The van der Waals surface area contributed by atoms with Crippen molar-refractivity contribution >= 4 is 5.91 Å². The summed E-state index contributed by atoms with van der Waals surface area (Å²) in [7, 11) is 0. The van der Waals surface area contributed by atoms with Crippen molar-refractivity contribution in [2.24, 2.45) is 0 Å². The number of hydrogen-bond acceptors (Lipinski definition) is 3. The highest BCUT2D eigenvalue weighted by atomic mass is 19.1. The number of nitrogens with one attached hydrogen (secondary N) is 2. The molecule has 0 fully saturated rings. The molecule has 0 saturated carbocycles. The molecule has 2 N–H and O–H groups in total. The molecule has 5 heteroatoms. The number of amides is 1. The van der Waals surface area contributed by atoms with Crippen LogP contribution in [0.5, 0.6) is 0 Å². The Hall–Kier alpha value is -2.14. The van der Waals surface area contributed by atoms with E-state index in [1.807, 2.05) is 6.92 Å². The van der Waals surface area contributed by atoms with Crippen molar-refractivity contribution in [2.45, 2.75) is 6.92 Å². The highest BCUT2D eigenvalue weighted by molar-refractivity contribution is 5.92. The van der Waals surface area contributed by atoms with Gasteiger partial charge in [-0.05, 0) is 42.9 Å². The molecule has 2 rings (SSSR count). The average Bonchev–Trinajstić information content (AvgIpc) is 2.94. The minimum absolute atomic E-state index is 0.251. The number of rotatable bonds is 6. The van der Waals surface area contributed by atoms with E-state index >= 15 is 0 Å². The first-order chi connectivity index (χ1) is 9.70. The minimum atomic E-state index is -0.304. The van der Waals surface area contributed by atoms with Crippen LogP contribution in [0.4, 0.5) is 4.39 Å². The summed E-state index contributed by atoms with van der Waals surface area (Å²) in [5, 5.41) is 5.86. The second-order valence-electron chi connectivity index (χ2n) is 4.28. The molecule has 0 atom stereocenters. The predicted molar refractivity (Wildman–Crippen MR) is 75.0 cm³/mol. The first-order valence-electron chi connectivity index (χ1n) is 6.55. The molecule has 1 aromatic heterocycles. The summed E-state index contributed by atoms with van der Waals surface area (Å²) >= 11 is 0. The van der Waals surface area contributed by atoms with Crippen LogP contribution in [0.15, 0.2) is 40.8 Å². The Morgan fingerprint density at radius 3 is 2.60 bits per heavy atom. The Kier molecular flexibility index (Phi) is 4.90. The second kappa shape index (κ2) is 6.86. The van der Waals surface area contributed by atoms with Crippen molar-refractivity contribution in [1.82, 2.24) is 10.6 Å². The van der Waals surface area contributed by atoms with E-state index in [-0.39, 0.29) is 17.5 Å². The Bertz CT molecular complexity index is 564. The van der Waals surface area contributed by atoms with Gasteiger partial charge in [0.05, 0.1) is 0 Å². The van der Waals surface area contributed by atoms with Crippen LogP contribution < -0.4 is 10.6 Å². The molecule has 0 aliphatic carbocycles. The van der Waals surface area contributed by atoms with E-state index in [9.17, 15) is 9.18 Å². The minimum Gasteiger partial charge on any atom is -0.451 e. The Balaban J connectivity index is 1.98. The third-order valence-corrected chi connectivity index (χ3v) is 2.80. The summed E-state index contributed by atoms with van der Waals surface area (Å²) in [6.45, 7) is 4.13. The lowest BCUT2D eigenvalue weighted by atomic mass is 10.2. The summed E-state index contributed by atoms with van der Waals surface area (Å²) in [4.78, 5) is 11.8. The number of benzene rings is 1. The Morgan fingerprint density at radius 2 is 1.90 bits per heavy atom. The van der Waals surface area contributed by atoms with Crippen molar-refractivity contribution in [2.75, 3.05) is 19.6 Å². The maximum absolute atomic E-state index is 12.8. The lowest BCUT2D eigenvalue weighted by Gasteiger charge is -2.03. The molecule has 1 heterocycles. The van der Waals surface area contributed by atoms with Gasteiger partial charge in [0.15, 0.2) is 5.76 Å². The molecule has 106 valence electrons. The van der Waals surface area contributed by atoms with Gasteiger partial charge in [-0.3, -0.25) is 4.79 Å². The molecular formula is C15H17FN2O2. The highest BCUT2D eigenvalue weighted by Crippen LogP contribution is 2.22. The van der Waals surface area contributed by atoms with Gasteiger partial charge in [-0.1, -0.05) is 6.92 Å². The van der Waals surface area contributed by atoms with E-state index in [0.717, 1.165) is 12.1 Å². The van der Waals surface area contributed by atoms with Crippen molar-refractivity contribution in [3.8, 4) is 11.3 Å². The first-order valence-corrected chi connectivity index (χ1v) is 6.55. The van der Waals surface area contributed by atoms with Crippen LogP contribution in [0.1, 0.15) is 17.5 Å². The number of furan rings is 1. The molecule has 4 nitrogen and oxygen atoms in total. The summed E-state index contributed by atoms with van der Waals surface area (Å²) < 4.78 is 18.3. The molecule has 0 spiro atoms. The van der Waals surface area contributed by atoms with Crippen LogP contribution in [0.3, 0.4) is 0 Å². The lowest BCUT2D eigenvalue weighted by molar-refractivity contribution is 0.0927. The van der Waals surface area contributed by atoms with Gasteiger partial charge >= 0.3 is 0 Å². The molecule has 0 aliphatic rings. The zero-order valence-corrected chi connectivity index (χ0v) is 11.3. The van der Waals surface area contributed by atoms with Crippen LogP contribution in [0.25, 0.3) is 11.3 Å². The summed E-state index contributed by atoms with van der Waals surface area (Å²) in [5.74, 6) is 0.237. The monoisotopic (exact) mass is 276 g/mol. The van der Waals surface area contributed by atoms with Crippen molar-refractivity contribution in [1.29, 1.82) is 0 Å². The van der Waals surface area contributed by atoms with E-state index in [2.05, 4.69) is 10.6 Å². The van der Waals surface area contributed by atoms with E-state index < -0.39 is 0 Å². The highest BCUT2D eigenvalue weighted by Gasteiger charge is 2.11. The fraction of sp³-hybridized carbons (Fsp3) is 0.267. The van der Waals surface area contributed by atoms with Crippen molar-refractivity contribution < 1.29 is 13.6 Å². The van der Waals surface area contributed by atoms with Gasteiger partial charge < -0.3 is 15.1 Å². The molecule has 0 bridgehead atoms. The maximum atomic E-state index is 12.8. The molecule has 20 heavy (non-hydrogen) atoms. The van der Waals surface area contributed by atoms with E-state index in [0.29, 0.717) is 18.8 Å². The van der Waals surface area contributed by atoms with E-state index in [1.165, 1.54) is 12.1 Å². The molecule has 0 unspecified atom stereocenters. The lowest BCUT2D eigenvalue weighted by Crippen LogP contribution is -2.31. The largest absolute Gasteiger partial charge is 0.451 e. The van der Waals surface area contributed by atoms with Crippen molar-refractivity contribution in [3.05, 3.63) is 48.0 Å². The van der Waals surface area contributed by atoms with Gasteiger partial charge in [0.25, 0.3) is 5.91 Å². The standard InChI is InChI=1S/C15H17FN2O2/c1-2-17-9-10-18-15(19)14-8-7-13(20-14)11-3-5-12(16)6-4-11/h3-8,17H,2,9-10H2,1H3,(H,18,19). The average molecular weight is 276 g/mol. The summed E-state index contributed by atoms with van der Waals surface area (Å²) in [5.41, 5.74) is 0.734. The predicted octanol–water partition coefficient (Wildman–Crippen LogP) is 2.43.